The minimum absolute atomic E-state index is 0.00579. The average molecular weight is 301 g/mol. The minimum atomic E-state index is -0.158. The number of likely N-dealkylation sites (N-methyl/N-ethyl adjacent to an activating group) is 1. The first-order valence-electron chi connectivity index (χ1n) is 6.08. The number of piperidine rings is 1. The van der Waals surface area contributed by atoms with E-state index in [4.69, 9.17) is 5.73 Å². The maximum absolute atomic E-state index is 13.9. The molecule has 2 nitrogen and oxygen atoms in total. The molecule has 2 unspecified atom stereocenters. The molecule has 17 heavy (non-hydrogen) atoms. The van der Waals surface area contributed by atoms with Gasteiger partial charge >= 0.3 is 0 Å². The smallest absolute Gasteiger partial charge is 0.128 e. The summed E-state index contributed by atoms with van der Waals surface area (Å²) in [5.41, 5.74) is 6.89. The fourth-order valence-corrected chi connectivity index (χ4v) is 3.00. The molecule has 4 heteroatoms. The third kappa shape index (κ3) is 2.69. The number of nitrogens with zero attached hydrogens (tertiary/aromatic N) is 1. The summed E-state index contributed by atoms with van der Waals surface area (Å²) in [4.78, 5) is 2.26. The van der Waals surface area contributed by atoms with E-state index in [1.807, 2.05) is 6.07 Å². The van der Waals surface area contributed by atoms with Crippen molar-refractivity contribution in [1.82, 2.24) is 4.90 Å². The Morgan fingerprint density at radius 2 is 2.29 bits per heavy atom. The van der Waals surface area contributed by atoms with Crippen LogP contribution in [0.1, 0.15) is 31.4 Å². The molecule has 0 saturated carbocycles. The number of hydrogen-bond acceptors (Lipinski definition) is 2. The van der Waals surface area contributed by atoms with E-state index < -0.39 is 0 Å². The molecule has 1 aromatic rings. The fraction of sp³-hybridized carbons (Fsp3) is 0.538. The zero-order chi connectivity index (χ0) is 12.4. The second-order valence-electron chi connectivity index (χ2n) is 4.55. The summed E-state index contributed by atoms with van der Waals surface area (Å²) >= 11 is 3.40. The lowest BCUT2D eigenvalue weighted by Gasteiger charge is -2.39. The fourth-order valence-electron chi connectivity index (χ4n) is 2.62. The average Bonchev–Trinajstić information content (AvgIpc) is 2.32. The van der Waals surface area contributed by atoms with E-state index in [1.165, 1.54) is 6.07 Å². The molecule has 1 saturated heterocycles. The van der Waals surface area contributed by atoms with Crippen LogP contribution in [0.25, 0.3) is 0 Å². The Morgan fingerprint density at radius 3 is 3.00 bits per heavy atom. The number of nitrogens with two attached hydrogens (primary N) is 1. The second kappa shape index (κ2) is 5.46. The molecule has 2 N–H and O–H groups in total. The number of likely N-dealkylation sites (tertiary alicyclic amines) is 1. The molecule has 1 aromatic carbocycles. The van der Waals surface area contributed by atoms with Gasteiger partial charge in [-0.2, -0.15) is 0 Å². The van der Waals surface area contributed by atoms with Gasteiger partial charge in [0.25, 0.3) is 0 Å². The van der Waals surface area contributed by atoms with Gasteiger partial charge in [-0.25, -0.2) is 4.39 Å². The van der Waals surface area contributed by atoms with Gasteiger partial charge in [-0.3, -0.25) is 4.90 Å². The Kier molecular flexibility index (Phi) is 4.17. The zero-order valence-corrected chi connectivity index (χ0v) is 11.6. The van der Waals surface area contributed by atoms with Gasteiger partial charge < -0.3 is 5.73 Å². The number of hydrogen-bond donors (Lipinski definition) is 1. The van der Waals surface area contributed by atoms with Crippen LogP contribution in [-0.4, -0.2) is 24.0 Å². The molecule has 0 amide bonds. The predicted molar refractivity (Wildman–Crippen MR) is 71.3 cm³/mol. The van der Waals surface area contributed by atoms with Crippen LogP contribution in [0, 0.1) is 5.82 Å². The number of halogens is 2. The van der Waals surface area contributed by atoms with Crippen LogP contribution >= 0.6 is 15.9 Å². The molecular formula is C13H18BrFN2. The molecule has 1 fully saturated rings. The van der Waals surface area contributed by atoms with E-state index in [0.717, 1.165) is 30.4 Å². The minimum Gasteiger partial charge on any atom is -0.326 e. The van der Waals surface area contributed by atoms with Gasteiger partial charge in [0.05, 0.1) is 6.04 Å². The van der Waals surface area contributed by atoms with Crippen LogP contribution in [-0.2, 0) is 0 Å². The lowest BCUT2D eigenvalue weighted by atomic mass is 9.90. The molecule has 1 heterocycles. The van der Waals surface area contributed by atoms with Crippen molar-refractivity contribution in [2.45, 2.75) is 31.8 Å². The molecule has 94 valence electrons. The monoisotopic (exact) mass is 300 g/mol. The molecule has 0 aliphatic carbocycles. The van der Waals surface area contributed by atoms with Crippen molar-refractivity contribution < 1.29 is 4.39 Å². The third-order valence-electron chi connectivity index (χ3n) is 3.46. The van der Waals surface area contributed by atoms with E-state index in [-0.39, 0.29) is 17.9 Å². The maximum Gasteiger partial charge on any atom is 0.128 e. The largest absolute Gasteiger partial charge is 0.326 e. The van der Waals surface area contributed by atoms with Crippen molar-refractivity contribution in [2.24, 2.45) is 5.73 Å². The molecule has 0 bridgehead atoms. The highest BCUT2D eigenvalue weighted by Gasteiger charge is 2.31. The highest BCUT2D eigenvalue weighted by Crippen LogP contribution is 2.32. The summed E-state index contributed by atoms with van der Waals surface area (Å²) in [6.07, 6.45) is 2.06. The van der Waals surface area contributed by atoms with Crippen molar-refractivity contribution in [1.29, 1.82) is 0 Å². The molecule has 0 aromatic heterocycles. The van der Waals surface area contributed by atoms with E-state index in [2.05, 4.69) is 27.8 Å². The predicted octanol–water partition coefficient (Wildman–Crippen LogP) is 3.07. The third-order valence-corrected chi connectivity index (χ3v) is 3.96. The Morgan fingerprint density at radius 1 is 1.53 bits per heavy atom. The second-order valence-corrected chi connectivity index (χ2v) is 5.46. The molecule has 0 radical (unpaired) electrons. The van der Waals surface area contributed by atoms with Crippen LogP contribution in [0.5, 0.6) is 0 Å². The van der Waals surface area contributed by atoms with Gasteiger partial charge in [0.2, 0.25) is 0 Å². The van der Waals surface area contributed by atoms with Crippen LogP contribution in [0.4, 0.5) is 4.39 Å². The summed E-state index contributed by atoms with van der Waals surface area (Å²) < 4.78 is 14.8. The summed E-state index contributed by atoms with van der Waals surface area (Å²) in [7, 11) is 0. The summed E-state index contributed by atoms with van der Waals surface area (Å²) in [6.45, 7) is 4.01. The molecule has 1 aliphatic heterocycles. The van der Waals surface area contributed by atoms with Gasteiger partial charge in [-0.1, -0.05) is 22.9 Å². The summed E-state index contributed by atoms with van der Waals surface area (Å²) in [5, 5.41) is 0. The Bertz CT molecular complexity index is 397. The zero-order valence-electron chi connectivity index (χ0n) is 10.00. The highest BCUT2D eigenvalue weighted by atomic mass is 79.9. The molecule has 1 aliphatic rings. The van der Waals surface area contributed by atoms with Crippen LogP contribution in [0.2, 0.25) is 0 Å². The SMILES string of the molecule is CCN1CCCC(N)C1c1cc(Br)ccc1F. The van der Waals surface area contributed by atoms with Gasteiger partial charge in [0.15, 0.2) is 0 Å². The lowest BCUT2D eigenvalue weighted by molar-refractivity contribution is 0.132. The van der Waals surface area contributed by atoms with Crippen LogP contribution < -0.4 is 5.73 Å². The molecular weight excluding hydrogens is 283 g/mol. The molecule has 2 rings (SSSR count). The summed E-state index contributed by atoms with van der Waals surface area (Å²) in [5.74, 6) is -0.158. The standard InChI is InChI=1S/C13H18BrFN2/c1-2-17-7-3-4-12(16)13(17)10-8-9(14)5-6-11(10)15/h5-6,8,12-13H,2-4,7,16H2,1H3. The van der Waals surface area contributed by atoms with Crippen molar-refractivity contribution in [3.05, 3.63) is 34.1 Å². The topological polar surface area (TPSA) is 29.3 Å². The van der Waals surface area contributed by atoms with Crippen molar-refractivity contribution >= 4 is 15.9 Å². The van der Waals surface area contributed by atoms with E-state index in [1.54, 1.807) is 6.07 Å². The molecule has 0 spiro atoms. The highest BCUT2D eigenvalue weighted by molar-refractivity contribution is 9.10. The molecule has 2 atom stereocenters. The van der Waals surface area contributed by atoms with Gasteiger partial charge in [0.1, 0.15) is 5.82 Å². The Labute approximate surface area is 110 Å². The van der Waals surface area contributed by atoms with Crippen LogP contribution in [0.15, 0.2) is 22.7 Å². The number of rotatable bonds is 2. The van der Waals surface area contributed by atoms with Gasteiger partial charge in [-0.15, -0.1) is 0 Å². The van der Waals surface area contributed by atoms with Crippen molar-refractivity contribution in [3.8, 4) is 0 Å². The summed E-state index contributed by atoms with van der Waals surface area (Å²) in [6, 6.07) is 5.12. The first kappa shape index (κ1) is 13.0. The Hall–Kier alpha value is -0.450. The van der Waals surface area contributed by atoms with E-state index in [0.29, 0.717) is 5.56 Å². The van der Waals surface area contributed by atoms with Gasteiger partial charge in [-0.05, 0) is 44.1 Å². The van der Waals surface area contributed by atoms with Gasteiger partial charge in [0, 0.05) is 16.1 Å². The Balaban J connectivity index is 2.37. The first-order valence-corrected chi connectivity index (χ1v) is 6.87. The number of benzene rings is 1. The first-order chi connectivity index (χ1) is 8.13. The van der Waals surface area contributed by atoms with E-state index >= 15 is 0 Å². The van der Waals surface area contributed by atoms with Crippen molar-refractivity contribution in [2.75, 3.05) is 13.1 Å². The maximum atomic E-state index is 13.9. The normalized spacial score (nSPS) is 26.1. The van der Waals surface area contributed by atoms with Crippen molar-refractivity contribution in [3.63, 3.8) is 0 Å². The van der Waals surface area contributed by atoms with Crippen LogP contribution in [0.3, 0.4) is 0 Å². The van der Waals surface area contributed by atoms with E-state index in [9.17, 15) is 4.39 Å². The lowest BCUT2D eigenvalue weighted by Crippen LogP contribution is -2.46. The quantitative estimate of drug-likeness (QED) is 0.909.